The summed E-state index contributed by atoms with van der Waals surface area (Å²) < 4.78 is 64.3. The number of nitrogens with one attached hydrogen (secondary N) is 1. The third kappa shape index (κ3) is 65.4. The molecular weight excluding hydrogens is 1040 g/mol. The van der Waals surface area contributed by atoms with E-state index in [0.29, 0.717) is 190 Å². The van der Waals surface area contributed by atoms with Crippen molar-refractivity contribution in [2.45, 2.75) is 154 Å². The van der Waals surface area contributed by atoms with Gasteiger partial charge >= 0.3 is 17.9 Å². The summed E-state index contributed by atoms with van der Waals surface area (Å²) in [4.78, 5) is 68.7. The molecule has 466 valence electrons. The molecule has 0 spiro atoms. The van der Waals surface area contributed by atoms with Gasteiger partial charge in [-0.15, -0.1) is 0 Å². The minimum absolute atomic E-state index is 0.0228. The van der Waals surface area contributed by atoms with Gasteiger partial charge in [-0.05, 0) is 51.4 Å². The number of ketones is 2. The average molecular weight is 1140 g/mol. The molecule has 0 rings (SSSR count). The van der Waals surface area contributed by atoms with E-state index in [1.165, 1.54) is 32.1 Å². The predicted octanol–water partition coefficient (Wildman–Crippen LogP) is 5.86. The van der Waals surface area contributed by atoms with Crippen LogP contribution in [0.15, 0.2) is 0 Å². The number of hydrogen-bond acceptors (Lipinski definition) is 19. The first-order chi connectivity index (χ1) is 38.4. The number of aliphatic carboxylic acids is 3. The molecule has 0 aliphatic heterocycles. The first kappa shape index (κ1) is 77.8. The second-order valence-electron chi connectivity index (χ2n) is 18.7. The minimum Gasteiger partial charge on any atom is -0.481 e. The van der Waals surface area contributed by atoms with Crippen molar-refractivity contribution in [2.24, 2.45) is 11.7 Å². The lowest BCUT2D eigenvalue weighted by Crippen LogP contribution is -2.30. The van der Waals surface area contributed by atoms with Gasteiger partial charge in [0.25, 0.3) is 0 Å². The number of carbonyl (C=O) groups is 6. The maximum Gasteiger partial charge on any atom is 0.320 e. The van der Waals surface area contributed by atoms with Crippen LogP contribution < -0.4 is 11.1 Å². The van der Waals surface area contributed by atoms with E-state index >= 15 is 0 Å². The van der Waals surface area contributed by atoms with Gasteiger partial charge in [0.1, 0.15) is 17.6 Å². The number of carbonyl (C=O) groups excluding carboxylic acids is 3. The first-order valence-electron chi connectivity index (χ1n) is 29.0. The molecule has 2 atom stereocenters. The number of carboxylic acid groups (broad SMARTS) is 3. The molecule has 1 amide bonds. The van der Waals surface area contributed by atoms with Crippen molar-refractivity contribution in [1.82, 2.24) is 5.32 Å². The van der Waals surface area contributed by atoms with Gasteiger partial charge in [0, 0.05) is 65.4 Å². The molecule has 23 heteroatoms. The van der Waals surface area contributed by atoms with Crippen LogP contribution in [0, 0.1) is 5.92 Å². The molecule has 0 heterocycles. The van der Waals surface area contributed by atoms with E-state index in [4.69, 9.17) is 72.8 Å². The van der Waals surface area contributed by atoms with Crippen LogP contribution in [0.25, 0.3) is 0 Å². The van der Waals surface area contributed by atoms with Crippen LogP contribution in [0.3, 0.4) is 0 Å². The zero-order chi connectivity index (χ0) is 58.3. The summed E-state index contributed by atoms with van der Waals surface area (Å²) in [7, 11) is 1.65. The standard InChI is InChI=1S/C30H56N2O13.C26H50O8/c1-2-10-39-12-14-41-16-18-43-20-22-45-23-21-44-19-17-42-15-13-40-11-8-26(33)24-25(29(35)36)6-7-28(34)32-9-4-3-5-27(31)30(37)38;1-30-17-18-32-21-22-34-24-23-33-20-19-31-16-12-14-25(27)13-10-8-6-4-2-3-5-7-9-11-15-26(28)29/h25,27H,2-24,31H2,1H3,(H,32,34)(H,35,36)(H,37,38);2-24H2,1H3,(H,28,29)/t25-,27+;/m1./s1. The average Bonchev–Trinajstić information content (AvgIpc) is 3.42. The molecule has 0 aromatic heterocycles. The predicted molar refractivity (Wildman–Crippen MR) is 296 cm³/mol. The maximum absolute atomic E-state index is 12.2. The van der Waals surface area contributed by atoms with E-state index in [9.17, 15) is 33.9 Å². The molecule has 0 aliphatic carbocycles. The zero-order valence-corrected chi connectivity index (χ0v) is 48.4. The Kier molecular flexibility index (Phi) is 62.9. The highest BCUT2D eigenvalue weighted by Crippen LogP contribution is 2.15. The van der Waals surface area contributed by atoms with Gasteiger partial charge in [0.15, 0.2) is 0 Å². The van der Waals surface area contributed by atoms with Crippen LogP contribution in [-0.4, -0.2) is 222 Å². The Bertz CT molecular complexity index is 1400. The molecule has 0 aromatic carbocycles. The Labute approximate surface area is 471 Å². The number of unbranched alkanes of at least 4 members (excludes halogenated alkanes) is 10. The fourth-order valence-electron chi connectivity index (χ4n) is 7.09. The number of methoxy groups -OCH3 is 1. The van der Waals surface area contributed by atoms with Crippen molar-refractivity contribution in [3.05, 3.63) is 0 Å². The van der Waals surface area contributed by atoms with Crippen molar-refractivity contribution >= 4 is 35.4 Å². The fraction of sp³-hybridized carbons (Fsp3) is 0.893. The first-order valence-corrected chi connectivity index (χ1v) is 29.0. The summed E-state index contributed by atoms with van der Waals surface area (Å²) in [5.74, 6) is -4.07. The van der Waals surface area contributed by atoms with Crippen molar-refractivity contribution in [3.8, 4) is 0 Å². The summed E-state index contributed by atoms with van der Waals surface area (Å²) in [5.41, 5.74) is 5.42. The highest BCUT2D eigenvalue weighted by atomic mass is 16.6. The Morgan fingerprint density at radius 3 is 1.16 bits per heavy atom. The summed E-state index contributed by atoms with van der Waals surface area (Å²) in [6.45, 7) is 13.8. The quantitative estimate of drug-likeness (QED) is 0.0446. The molecule has 0 saturated heterocycles. The van der Waals surface area contributed by atoms with Crippen molar-refractivity contribution in [2.75, 3.05) is 166 Å². The van der Waals surface area contributed by atoms with E-state index in [1.54, 1.807) is 7.11 Å². The normalized spacial score (nSPS) is 12.0. The number of hydrogen-bond donors (Lipinski definition) is 5. The smallest absolute Gasteiger partial charge is 0.320 e. The molecule has 79 heavy (non-hydrogen) atoms. The molecule has 0 radical (unpaired) electrons. The van der Waals surface area contributed by atoms with Gasteiger partial charge in [-0.25, -0.2) is 0 Å². The van der Waals surface area contributed by atoms with Crippen LogP contribution in [-0.2, 0) is 85.6 Å². The number of Topliss-reactive ketones (excluding diaryl/α,β-unsaturated/α-hetero) is 2. The van der Waals surface area contributed by atoms with Gasteiger partial charge < -0.3 is 83.2 Å². The van der Waals surface area contributed by atoms with E-state index in [0.717, 1.165) is 51.6 Å². The monoisotopic (exact) mass is 1140 g/mol. The van der Waals surface area contributed by atoms with Crippen molar-refractivity contribution in [1.29, 1.82) is 0 Å². The highest BCUT2D eigenvalue weighted by Gasteiger charge is 2.22. The lowest BCUT2D eigenvalue weighted by Gasteiger charge is -2.12. The largest absolute Gasteiger partial charge is 0.481 e. The summed E-state index contributed by atoms with van der Waals surface area (Å²) in [5, 5.41) is 29.4. The molecule has 0 fully saturated rings. The molecule has 6 N–H and O–H groups in total. The van der Waals surface area contributed by atoms with E-state index in [-0.39, 0.29) is 44.0 Å². The van der Waals surface area contributed by atoms with Crippen molar-refractivity contribution < 1.29 is 101 Å². The van der Waals surface area contributed by atoms with Gasteiger partial charge in [-0.1, -0.05) is 58.3 Å². The second-order valence-corrected chi connectivity index (χ2v) is 18.7. The number of rotatable bonds is 64. The van der Waals surface area contributed by atoms with E-state index in [2.05, 4.69) is 12.2 Å². The molecule has 23 nitrogen and oxygen atoms in total. The molecule has 0 unspecified atom stereocenters. The van der Waals surface area contributed by atoms with E-state index < -0.39 is 29.9 Å². The van der Waals surface area contributed by atoms with Crippen LogP contribution in [0.2, 0.25) is 0 Å². The second kappa shape index (κ2) is 63.9. The number of ether oxygens (including phenoxy) is 12. The Hall–Kier alpha value is -3.30. The van der Waals surface area contributed by atoms with Gasteiger partial charge in [-0.2, -0.15) is 0 Å². The topological polar surface area (TPSA) is 312 Å². The van der Waals surface area contributed by atoms with Gasteiger partial charge in [0.05, 0.1) is 145 Å². The van der Waals surface area contributed by atoms with Gasteiger partial charge in [-0.3, -0.25) is 28.8 Å². The third-order valence-electron chi connectivity index (χ3n) is 11.6. The molecule has 0 aromatic rings. The third-order valence-corrected chi connectivity index (χ3v) is 11.6. The van der Waals surface area contributed by atoms with Crippen LogP contribution >= 0.6 is 0 Å². The zero-order valence-electron chi connectivity index (χ0n) is 48.4. The minimum atomic E-state index is -1.13. The molecule has 0 aliphatic rings. The molecule has 0 saturated carbocycles. The highest BCUT2D eigenvalue weighted by molar-refractivity contribution is 5.84. The van der Waals surface area contributed by atoms with Crippen molar-refractivity contribution in [3.63, 3.8) is 0 Å². The van der Waals surface area contributed by atoms with Crippen LogP contribution in [0.1, 0.15) is 148 Å². The van der Waals surface area contributed by atoms with E-state index in [1.807, 2.05) is 0 Å². The Morgan fingerprint density at radius 2 is 0.759 bits per heavy atom. The number of carboxylic acids is 3. The Balaban J connectivity index is 0. The number of nitrogens with two attached hydrogens (primary N) is 1. The lowest BCUT2D eigenvalue weighted by atomic mass is 9.96. The SMILES string of the molecule is CCCOCCOCCOCCOCCOCCOCCOCCC(=O)C[C@@H](CCC(=O)NCCCC[C@H](N)C(=O)O)C(=O)O.COCCOCCOCCOCCOCCCC(=O)CCCCCCCCCCCCC(=O)O. The fourth-order valence-corrected chi connectivity index (χ4v) is 7.09. The number of amides is 1. The summed E-state index contributed by atoms with van der Waals surface area (Å²) in [6, 6.07) is -0.925. The summed E-state index contributed by atoms with van der Waals surface area (Å²) in [6.07, 6.45) is 15.9. The van der Waals surface area contributed by atoms with Gasteiger partial charge in [0.2, 0.25) is 5.91 Å². The summed E-state index contributed by atoms with van der Waals surface area (Å²) >= 11 is 0. The van der Waals surface area contributed by atoms with Crippen LogP contribution in [0.4, 0.5) is 0 Å². The van der Waals surface area contributed by atoms with Crippen LogP contribution in [0.5, 0.6) is 0 Å². The Morgan fingerprint density at radius 1 is 0.380 bits per heavy atom. The lowest BCUT2D eigenvalue weighted by molar-refractivity contribution is -0.144. The molecular formula is C56H106N2O21. The maximum atomic E-state index is 12.2. The molecule has 0 bridgehead atoms.